The molecule has 15 heavy (non-hydrogen) atoms. The minimum absolute atomic E-state index is 0.0311. The molecule has 78 valence electrons. The first-order valence-electron chi connectivity index (χ1n) is 4.56. The van der Waals surface area contributed by atoms with E-state index in [1.165, 1.54) is 0 Å². The fourth-order valence-corrected chi connectivity index (χ4v) is 1.07. The average molecular weight is 203 g/mol. The van der Waals surface area contributed by atoms with Crippen LogP contribution in [0.1, 0.15) is 0 Å². The largest absolute Gasteiger partial charge is 0.314 e. The van der Waals surface area contributed by atoms with Crippen molar-refractivity contribution in [3.8, 4) is 12.3 Å². The van der Waals surface area contributed by atoms with Crippen molar-refractivity contribution in [1.29, 1.82) is 0 Å². The van der Waals surface area contributed by atoms with Crippen molar-refractivity contribution < 1.29 is 4.79 Å². The maximum Gasteiger partial charge on any atom is 0.240 e. The number of nitrogens with zero attached hydrogens (tertiary/aromatic N) is 2. The number of pyridine rings is 1. The Morgan fingerprint density at radius 3 is 2.87 bits per heavy atom. The normalized spacial score (nSPS) is 9.33. The third-order valence-corrected chi connectivity index (χ3v) is 1.93. The number of aromatic nitrogens is 1. The molecular formula is C11H13N3O. The van der Waals surface area contributed by atoms with Gasteiger partial charge in [0.25, 0.3) is 0 Å². The van der Waals surface area contributed by atoms with Crippen LogP contribution >= 0.6 is 0 Å². The molecule has 0 spiro atoms. The molecule has 1 heterocycles. The molecule has 0 unspecified atom stereocenters. The number of hydrogen-bond acceptors (Lipinski definition) is 3. The van der Waals surface area contributed by atoms with E-state index in [0.29, 0.717) is 6.54 Å². The van der Waals surface area contributed by atoms with E-state index in [-0.39, 0.29) is 12.5 Å². The average Bonchev–Trinajstić information content (AvgIpc) is 2.29. The van der Waals surface area contributed by atoms with Gasteiger partial charge in [-0.2, -0.15) is 0 Å². The Bertz CT molecular complexity index is 356. The van der Waals surface area contributed by atoms with Crippen LogP contribution < -0.4 is 10.2 Å². The molecule has 4 heteroatoms. The summed E-state index contributed by atoms with van der Waals surface area (Å²) >= 11 is 0. The molecule has 1 aromatic rings. The van der Waals surface area contributed by atoms with Crippen molar-refractivity contribution in [3.05, 3.63) is 24.5 Å². The number of hydrogen-bond donors (Lipinski definition) is 1. The van der Waals surface area contributed by atoms with Gasteiger partial charge in [-0.25, -0.2) is 0 Å². The smallest absolute Gasteiger partial charge is 0.240 e. The minimum Gasteiger partial charge on any atom is -0.314 e. The molecule has 0 radical (unpaired) electrons. The van der Waals surface area contributed by atoms with E-state index in [1.54, 1.807) is 36.5 Å². The van der Waals surface area contributed by atoms with E-state index in [9.17, 15) is 4.79 Å². The van der Waals surface area contributed by atoms with Crippen molar-refractivity contribution in [2.24, 2.45) is 0 Å². The van der Waals surface area contributed by atoms with Crippen LogP contribution in [0.2, 0.25) is 0 Å². The maximum atomic E-state index is 11.6. The Kier molecular flexibility index (Phi) is 4.32. The van der Waals surface area contributed by atoms with Gasteiger partial charge >= 0.3 is 0 Å². The summed E-state index contributed by atoms with van der Waals surface area (Å²) in [5, 5.41) is 2.84. The molecule has 1 aromatic heterocycles. The molecule has 1 N–H and O–H groups in total. The van der Waals surface area contributed by atoms with Crippen LogP contribution in [0, 0.1) is 12.3 Å². The summed E-state index contributed by atoms with van der Waals surface area (Å²) in [5.74, 6) is 2.38. The first-order chi connectivity index (χ1) is 7.25. The molecule has 0 saturated carbocycles. The fraction of sp³-hybridized carbons (Fsp3) is 0.273. The van der Waals surface area contributed by atoms with Crippen LogP contribution in [0.3, 0.4) is 0 Å². The molecule has 0 aliphatic carbocycles. The summed E-state index contributed by atoms with van der Waals surface area (Å²) in [6.07, 6.45) is 8.35. The minimum atomic E-state index is -0.0311. The van der Waals surface area contributed by atoms with E-state index < -0.39 is 0 Å². The Hall–Kier alpha value is -1.86. The SMILES string of the molecule is C#CCNCC(=O)N(C)c1ccncc1. The first kappa shape index (κ1) is 11.2. The lowest BCUT2D eigenvalue weighted by atomic mass is 10.3. The quantitative estimate of drug-likeness (QED) is 0.564. The van der Waals surface area contributed by atoms with Crippen LogP contribution in [-0.2, 0) is 4.79 Å². The second-order valence-corrected chi connectivity index (χ2v) is 2.97. The number of nitrogens with one attached hydrogen (secondary N) is 1. The lowest BCUT2D eigenvalue weighted by molar-refractivity contribution is -0.117. The zero-order valence-corrected chi connectivity index (χ0v) is 8.60. The monoisotopic (exact) mass is 203 g/mol. The summed E-state index contributed by atoms with van der Waals surface area (Å²) in [7, 11) is 1.72. The summed E-state index contributed by atoms with van der Waals surface area (Å²) < 4.78 is 0. The van der Waals surface area contributed by atoms with Crippen LogP contribution in [-0.4, -0.2) is 31.0 Å². The van der Waals surface area contributed by atoms with Crippen molar-refractivity contribution >= 4 is 11.6 Å². The summed E-state index contributed by atoms with van der Waals surface area (Å²) in [6, 6.07) is 3.55. The number of carbonyl (C=O) groups is 1. The topological polar surface area (TPSA) is 45.2 Å². The molecule has 0 aliphatic heterocycles. The maximum absolute atomic E-state index is 11.6. The van der Waals surface area contributed by atoms with Gasteiger partial charge < -0.3 is 4.90 Å². The van der Waals surface area contributed by atoms with Gasteiger partial charge in [0.1, 0.15) is 0 Å². The van der Waals surface area contributed by atoms with Gasteiger partial charge in [0.05, 0.1) is 13.1 Å². The highest BCUT2D eigenvalue weighted by atomic mass is 16.2. The molecule has 1 rings (SSSR count). The molecule has 4 nitrogen and oxygen atoms in total. The molecule has 0 bridgehead atoms. The van der Waals surface area contributed by atoms with Crippen molar-refractivity contribution in [1.82, 2.24) is 10.3 Å². The lowest BCUT2D eigenvalue weighted by Crippen LogP contribution is -2.35. The summed E-state index contributed by atoms with van der Waals surface area (Å²) in [6.45, 7) is 0.638. The molecule has 0 aromatic carbocycles. The third kappa shape index (κ3) is 3.41. The highest BCUT2D eigenvalue weighted by molar-refractivity contribution is 5.94. The van der Waals surface area contributed by atoms with Gasteiger partial charge in [0.2, 0.25) is 5.91 Å². The number of likely N-dealkylation sites (N-methyl/N-ethyl adjacent to an activating group) is 1. The number of carbonyl (C=O) groups excluding carboxylic acids is 1. The van der Waals surface area contributed by atoms with E-state index in [2.05, 4.69) is 16.2 Å². The Morgan fingerprint density at radius 1 is 1.60 bits per heavy atom. The zero-order chi connectivity index (χ0) is 11.1. The summed E-state index contributed by atoms with van der Waals surface area (Å²) in [5.41, 5.74) is 0.817. The Labute approximate surface area is 89.3 Å². The highest BCUT2D eigenvalue weighted by Gasteiger charge is 2.08. The van der Waals surface area contributed by atoms with Crippen molar-refractivity contribution in [2.45, 2.75) is 0 Å². The lowest BCUT2D eigenvalue weighted by Gasteiger charge is -2.16. The first-order valence-corrected chi connectivity index (χ1v) is 4.56. The van der Waals surface area contributed by atoms with Gasteiger partial charge in [-0.15, -0.1) is 6.42 Å². The van der Waals surface area contributed by atoms with Gasteiger partial charge in [-0.05, 0) is 12.1 Å². The third-order valence-electron chi connectivity index (χ3n) is 1.93. The molecule has 1 amide bonds. The van der Waals surface area contributed by atoms with Gasteiger partial charge in [-0.3, -0.25) is 15.1 Å². The van der Waals surface area contributed by atoms with Crippen LogP contribution in [0.15, 0.2) is 24.5 Å². The van der Waals surface area contributed by atoms with E-state index in [4.69, 9.17) is 6.42 Å². The summed E-state index contributed by atoms with van der Waals surface area (Å²) in [4.78, 5) is 17.0. The molecule has 0 atom stereocenters. The second kappa shape index (κ2) is 5.78. The number of amides is 1. The molecular weight excluding hydrogens is 190 g/mol. The van der Waals surface area contributed by atoms with Crippen molar-refractivity contribution in [3.63, 3.8) is 0 Å². The van der Waals surface area contributed by atoms with Crippen LogP contribution in [0.5, 0.6) is 0 Å². The standard InChI is InChI=1S/C11H13N3O/c1-3-6-13-9-11(15)14(2)10-4-7-12-8-5-10/h1,4-5,7-8,13H,6,9H2,2H3. The Morgan fingerprint density at radius 2 is 2.27 bits per heavy atom. The molecule has 0 fully saturated rings. The molecule has 0 aliphatic rings. The predicted molar refractivity (Wildman–Crippen MR) is 59.3 cm³/mol. The van der Waals surface area contributed by atoms with Crippen LogP contribution in [0.4, 0.5) is 5.69 Å². The van der Waals surface area contributed by atoms with E-state index >= 15 is 0 Å². The zero-order valence-electron chi connectivity index (χ0n) is 8.60. The highest BCUT2D eigenvalue weighted by Crippen LogP contribution is 2.09. The number of rotatable bonds is 4. The van der Waals surface area contributed by atoms with Crippen LogP contribution in [0.25, 0.3) is 0 Å². The molecule has 0 saturated heterocycles. The number of anilines is 1. The van der Waals surface area contributed by atoms with E-state index in [1.807, 2.05) is 0 Å². The number of terminal acetylenes is 1. The van der Waals surface area contributed by atoms with Gasteiger partial charge in [0.15, 0.2) is 0 Å². The Balaban J connectivity index is 2.51. The van der Waals surface area contributed by atoms with Crippen molar-refractivity contribution in [2.75, 3.05) is 25.0 Å². The predicted octanol–water partition coefficient (Wildman–Crippen LogP) is 0.267. The van der Waals surface area contributed by atoms with Gasteiger partial charge in [0, 0.05) is 25.1 Å². The fourth-order valence-electron chi connectivity index (χ4n) is 1.07. The second-order valence-electron chi connectivity index (χ2n) is 2.97. The van der Waals surface area contributed by atoms with Gasteiger partial charge in [-0.1, -0.05) is 5.92 Å². The van der Waals surface area contributed by atoms with E-state index in [0.717, 1.165) is 5.69 Å².